The lowest BCUT2D eigenvalue weighted by Gasteiger charge is -2.22. The van der Waals surface area contributed by atoms with Crippen LogP contribution in [0.25, 0.3) is 0 Å². The molecular formula is C15H20N4. The van der Waals surface area contributed by atoms with Crippen molar-refractivity contribution < 1.29 is 0 Å². The van der Waals surface area contributed by atoms with Crippen LogP contribution in [0, 0.1) is 13.8 Å². The van der Waals surface area contributed by atoms with Crippen LogP contribution in [-0.2, 0) is 0 Å². The number of hydrogen-bond acceptors (Lipinski definition) is 4. The van der Waals surface area contributed by atoms with Crippen LogP contribution in [0.15, 0.2) is 36.5 Å². The molecular weight excluding hydrogens is 236 g/mol. The van der Waals surface area contributed by atoms with Crippen molar-refractivity contribution >= 4 is 11.6 Å². The summed E-state index contributed by atoms with van der Waals surface area (Å²) < 4.78 is 0. The zero-order valence-electron chi connectivity index (χ0n) is 11.5. The summed E-state index contributed by atoms with van der Waals surface area (Å²) in [6, 6.07) is 10.3. The van der Waals surface area contributed by atoms with Crippen molar-refractivity contribution in [2.24, 2.45) is 5.73 Å². The molecule has 2 rings (SSSR count). The lowest BCUT2D eigenvalue weighted by molar-refractivity contribution is 0.797. The first-order valence-electron chi connectivity index (χ1n) is 6.54. The highest BCUT2D eigenvalue weighted by molar-refractivity contribution is 5.57. The molecule has 0 bridgehead atoms. The molecule has 0 radical (unpaired) electrons. The summed E-state index contributed by atoms with van der Waals surface area (Å²) in [5, 5.41) is 0. The van der Waals surface area contributed by atoms with E-state index in [1.165, 1.54) is 5.56 Å². The third-order valence-corrected chi connectivity index (χ3v) is 2.96. The highest BCUT2D eigenvalue weighted by atomic mass is 15.2. The molecule has 0 atom stereocenters. The summed E-state index contributed by atoms with van der Waals surface area (Å²) in [7, 11) is 0. The number of aromatic nitrogens is 2. The van der Waals surface area contributed by atoms with E-state index in [9.17, 15) is 0 Å². The van der Waals surface area contributed by atoms with Gasteiger partial charge < -0.3 is 10.6 Å². The van der Waals surface area contributed by atoms with Gasteiger partial charge in [0, 0.05) is 24.1 Å². The fourth-order valence-corrected chi connectivity index (χ4v) is 1.88. The van der Waals surface area contributed by atoms with Crippen LogP contribution in [0.3, 0.4) is 0 Å². The predicted molar refractivity (Wildman–Crippen MR) is 78.6 cm³/mol. The molecule has 0 spiro atoms. The third kappa shape index (κ3) is 3.51. The maximum Gasteiger partial charge on any atom is 0.230 e. The van der Waals surface area contributed by atoms with Gasteiger partial charge in [0.05, 0.1) is 0 Å². The predicted octanol–water partition coefficient (Wildman–Crippen LogP) is 2.58. The van der Waals surface area contributed by atoms with E-state index in [1.807, 2.05) is 13.0 Å². The Morgan fingerprint density at radius 1 is 1.11 bits per heavy atom. The molecule has 1 aromatic heterocycles. The number of nitrogens with zero attached hydrogens (tertiary/aromatic N) is 3. The van der Waals surface area contributed by atoms with Crippen LogP contribution in [0.4, 0.5) is 11.6 Å². The molecule has 0 aliphatic carbocycles. The second-order valence-electron chi connectivity index (χ2n) is 4.63. The Bertz CT molecular complexity index is 522. The Morgan fingerprint density at radius 3 is 2.47 bits per heavy atom. The second-order valence-corrected chi connectivity index (χ2v) is 4.63. The number of rotatable bonds is 5. The smallest absolute Gasteiger partial charge is 0.230 e. The molecule has 0 amide bonds. The van der Waals surface area contributed by atoms with Crippen molar-refractivity contribution in [1.29, 1.82) is 0 Å². The maximum absolute atomic E-state index is 5.62. The van der Waals surface area contributed by atoms with Crippen LogP contribution in [0.5, 0.6) is 0 Å². The zero-order valence-corrected chi connectivity index (χ0v) is 11.5. The molecule has 1 heterocycles. The van der Waals surface area contributed by atoms with Gasteiger partial charge in [-0.3, -0.25) is 0 Å². The molecule has 0 saturated heterocycles. The molecule has 0 fully saturated rings. The van der Waals surface area contributed by atoms with Gasteiger partial charge in [-0.2, -0.15) is 0 Å². The largest absolute Gasteiger partial charge is 0.330 e. The van der Waals surface area contributed by atoms with Gasteiger partial charge in [0.1, 0.15) is 0 Å². The molecule has 4 nitrogen and oxygen atoms in total. The second kappa shape index (κ2) is 6.29. The van der Waals surface area contributed by atoms with E-state index in [0.717, 1.165) is 30.3 Å². The van der Waals surface area contributed by atoms with Gasteiger partial charge >= 0.3 is 0 Å². The quantitative estimate of drug-likeness (QED) is 0.893. The van der Waals surface area contributed by atoms with Gasteiger partial charge in [0.15, 0.2) is 0 Å². The average molecular weight is 256 g/mol. The van der Waals surface area contributed by atoms with E-state index in [1.54, 1.807) is 6.20 Å². The van der Waals surface area contributed by atoms with Crippen molar-refractivity contribution in [3.8, 4) is 0 Å². The number of nitrogens with two attached hydrogens (primary N) is 1. The maximum atomic E-state index is 5.62. The first-order chi connectivity index (χ1) is 9.20. The van der Waals surface area contributed by atoms with Gasteiger partial charge in [-0.05, 0) is 45.0 Å². The van der Waals surface area contributed by atoms with Crippen molar-refractivity contribution in [2.45, 2.75) is 20.3 Å². The SMILES string of the molecule is Cc1ccc(N(CCCN)c2nccc(C)n2)cc1. The first-order valence-corrected chi connectivity index (χ1v) is 6.54. The van der Waals surface area contributed by atoms with Crippen LogP contribution >= 0.6 is 0 Å². The molecule has 0 saturated carbocycles. The minimum absolute atomic E-state index is 0.661. The minimum Gasteiger partial charge on any atom is -0.330 e. The summed E-state index contributed by atoms with van der Waals surface area (Å²) in [6.07, 6.45) is 2.70. The summed E-state index contributed by atoms with van der Waals surface area (Å²) in [5.41, 5.74) is 8.93. The monoisotopic (exact) mass is 256 g/mol. The molecule has 2 aromatic rings. The molecule has 100 valence electrons. The van der Waals surface area contributed by atoms with Gasteiger partial charge in [-0.1, -0.05) is 17.7 Å². The van der Waals surface area contributed by atoms with E-state index in [-0.39, 0.29) is 0 Å². The zero-order chi connectivity index (χ0) is 13.7. The number of aryl methyl sites for hydroxylation is 2. The van der Waals surface area contributed by atoms with E-state index < -0.39 is 0 Å². The van der Waals surface area contributed by atoms with Crippen LogP contribution in [-0.4, -0.2) is 23.1 Å². The van der Waals surface area contributed by atoms with Crippen LogP contribution in [0.1, 0.15) is 17.7 Å². The fourth-order valence-electron chi connectivity index (χ4n) is 1.88. The highest BCUT2D eigenvalue weighted by Crippen LogP contribution is 2.22. The molecule has 0 aliphatic heterocycles. The van der Waals surface area contributed by atoms with Crippen LogP contribution in [0.2, 0.25) is 0 Å². The van der Waals surface area contributed by atoms with Crippen molar-refractivity contribution in [1.82, 2.24) is 9.97 Å². The Hall–Kier alpha value is -1.94. The molecule has 1 aromatic carbocycles. The van der Waals surface area contributed by atoms with Crippen molar-refractivity contribution in [2.75, 3.05) is 18.0 Å². The van der Waals surface area contributed by atoms with E-state index in [2.05, 4.69) is 46.1 Å². The van der Waals surface area contributed by atoms with Gasteiger partial charge in [0.2, 0.25) is 5.95 Å². The van der Waals surface area contributed by atoms with Crippen molar-refractivity contribution in [3.63, 3.8) is 0 Å². The van der Waals surface area contributed by atoms with E-state index >= 15 is 0 Å². The summed E-state index contributed by atoms with van der Waals surface area (Å²) in [5.74, 6) is 0.734. The Morgan fingerprint density at radius 2 is 1.84 bits per heavy atom. The normalized spacial score (nSPS) is 10.5. The lowest BCUT2D eigenvalue weighted by atomic mass is 10.2. The van der Waals surface area contributed by atoms with E-state index in [4.69, 9.17) is 5.73 Å². The highest BCUT2D eigenvalue weighted by Gasteiger charge is 2.11. The molecule has 19 heavy (non-hydrogen) atoms. The lowest BCUT2D eigenvalue weighted by Crippen LogP contribution is -2.23. The molecule has 2 N–H and O–H groups in total. The number of hydrogen-bond donors (Lipinski definition) is 1. The van der Waals surface area contributed by atoms with Crippen molar-refractivity contribution in [3.05, 3.63) is 47.8 Å². The molecule has 0 aliphatic rings. The molecule has 4 heteroatoms. The average Bonchev–Trinajstić information content (AvgIpc) is 2.41. The third-order valence-electron chi connectivity index (χ3n) is 2.96. The van der Waals surface area contributed by atoms with Crippen LogP contribution < -0.4 is 10.6 Å². The Kier molecular flexibility index (Phi) is 4.47. The number of anilines is 2. The Labute approximate surface area is 114 Å². The minimum atomic E-state index is 0.661. The number of benzene rings is 1. The summed E-state index contributed by atoms with van der Waals surface area (Å²) in [6.45, 7) is 5.54. The Balaban J connectivity index is 2.32. The topological polar surface area (TPSA) is 55.0 Å². The van der Waals surface area contributed by atoms with E-state index in [0.29, 0.717) is 6.54 Å². The first kappa shape index (κ1) is 13.5. The fraction of sp³-hybridized carbons (Fsp3) is 0.333. The van der Waals surface area contributed by atoms with Gasteiger partial charge in [-0.25, -0.2) is 9.97 Å². The van der Waals surface area contributed by atoms with Gasteiger partial charge in [-0.15, -0.1) is 0 Å². The molecule has 0 unspecified atom stereocenters. The summed E-state index contributed by atoms with van der Waals surface area (Å²) >= 11 is 0. The van der Waals surface area contributed by atoms with Gasteiger partial charge in [0.25, 0.3) is 0 Å². The summed E-state index contributed by atoms with van der Waals surface area (Å²) in [4.78, 5) is 11.0. The standard InChI is InChI=1S/C15H20N4/c1-12-4-6-14(7-5-12)19(11-3-9-16)15-17-10-8-13(2)18-15/h4-8,10H,3,9,11,16H2,1-2H3.